The fourth-order valence-electron chi connectivity index (χ4n) is 4.35. The molecule has 0 aliphatic heterocycles. The Morgan fingerprint density at radius 1 is 1.06 bits per heavy atom. The quantitative estimate of drug-likeness (QED) is 0.425. The van der Waals surface area contributed by atoms with Crippen molar-refractivity contribution < 1.29 is 34.4 Å². The van der Waals surface area contributed by atoms with Gasteiger partial charge in [-0.15, -0.1) is 0 Å². The molecule has 1 amide bonds. The van der Waals surface area contributed by atoms with Crippen LogP contribution in [0.15, 0.2) is 48.5 Å². The van der Waals surface area contributed by atoms with Crippen LogP contribution in [0.2, 0.25) is 0 Å². The standard InChI is InChI=1S/C25H31NO7/c1-15(2)12-21(22(28)25(31,14-27)23(29)32-3)26-24(30)33-13-20-18-10-6-4-8-16(18)17-9-5-7-11-19(17)20/h4-11,15,20-22,27-28,31H,12-14H2,1-3H3,(H,26,30)/t21-,22+,25-/m0/s1. The summed E-state index contributed by atoms with van der Waals surface area (Å²) in [6, 6.07) is 14.8. The Bertz CT molecular complexity index is 947. The first-order chi connectivity index (χ1) is 15.7. The van der Waals surface area contributed by atoms with E-state index in [1.807, 2.05) is 62.4 Å². The molecule has 4 N–H and O–H groups in total. The predicted octanol–water partition coefficient (Wildman–Crippen LogP) is 2.20. The van der Waals surface area contributed by atoms with Gasteiger partial charge in [-0.1, -0.05) is 62.4 Å². The Morgan fingerprint density at radius 2 is 1.61 bits per heavy atom. The van der Waals surface area contributed by atoms with Crippen molar-refractivity contribution in [3.63, 3.8) is 0 Å². The Balaban J connectivity index is 1.73. The second kappa shape index (κ2) is 10.3. The van der Waals surface area contributed by atoms with Gasteiger partial charge in [0.2, 0.25) is 5.60 Å². The molecule has 3 atom stereocenters. The Kier molecular flexibility index (Phi) is 7.73. The van der Waals surface area contributed by atoms with Crippen molar-refractivity contribution in [1.82, 2.24) is 5.32 Å². The van der Waals surface area contributed by atoms with Crippen LogP contribution in [0.5, 0.6) is 0 Å². The van der Waals surface area contributed by atoms with Crippen LogP contribution in [0.4, 0.5) is 4.79 Å². The van der Waals surface area contributed by atoms with E-state index in [-0.39, 0.29) is 24.9 Å². The van der Waals surface area contributed by atoms with E-state index in [0.29, 0.717) is 0 Å². The van der Waals surface area contributed by atoms with Crippen LogP contribution in [0.3, 0.4) is 0 Å². The fourth-order valence-corrected chi connectivity index (χ4v) is 4.35. The van der Waals surface area contributed by atoms with Crippen molar-refractivity contribution in [3.05, 3.63) is 59.7 Å². The number of nitrogens with one attached hydrogen (secondary N) is 1. The lowest BCUT2D eigenvalue weighted by molar-refractivity contribution is -0.185. The van der Waals surface area contributed by atoms with Gasteiger partial charge in [0, 0.05) is 5.92 Å². The molecule has 0 heterocycles. The average molecular weight is 458 g/mol. The number of carbonyl (C=O) groups is 2. The third kappa shape index (κ3) is 5.03. The summed E-state index contributed by atoms with van der Waals surface area (Å²) in [4.78, 5) is 24.6. The maximum absolute atomic E-state index is 12.7. The first-order valence-electron chi connectivity index (χ1n) is 10.9. The number of rotatable bonds is 9. The van der Waals surface area contributed by atoms with Crippen LogP contribution >= 0.6 is 0 Å². The van der Waals surface area contributed by atoms with Crippen LogP contribution in [-0.2, 0) is 14.3 Å². The Morgan fingerprint density at radius 3 is 2.09 bits per heavy atom. The number of aliphatic hydroxyl groups excluding tert-OH is 2. The summed E-state index contributed by atoms with van der Waals surface area (Å²) in [5.74, 6) is -1.33. The number of fused-ring (bicyclic) bond motifs is 3. The first-order valence-corrected chi connectivity index (χ1v) is 10.9. The Hall–Kier alpha value is -2.94. The molecule has 2 aromatic carbocycles. The van der Waals surface area contributed by atoms with Crippen molar-refractivity contribution in [2.75, 3.05) is 20.3 Å². The van der Waals surface area contributed by atoms with Crippen molar-refractivity contribution in [3.8, 4) is 11.1 Å². The fraction of sp³-hybridized carbons (Fsp3) is 0.440. The first kappa shape index (κ1) is 24.7. The zero-order valence-electron chi connectivity index (χ0n) is 19.0. The largest absolute Gasteiger partial charge is 0.467 e. The lowest BCUT2D eigenvalue weighted by Crippen LogP contribution is -2.61. The predicted molar refractivity (Wildman–Crippen MR) is 122 cm³/mol. The molecule has 33 heavy (non-hydrogen) atoms. The molecule has 0 fully saturated rings. The van der Waals surface area contributed by atoms with E-state index in [2.05, 4.69) is 10.1 Å². The zero-order chi connectivity index (χ0) is 24.2. The van der Waals surface area contributed by atoms with Gasteiger partial charge in [-0.3, -0.25) is 0 Å². The normalized spacial score (nSPS) is 16.3. The van der Waals surface area contributed by atoms with E-state index >= 15 is 0 Å². The van der Waals surface area contributed by atoms with Gasteiger partial charge in [0.15, 0.2) is 0 Å². The summed E-state index contributed by atoms with van der Waals surface area (Å²) in [7, 11) is 1.03. The van der Waals surface area contributed by atoms with Gasteiger partial charge in [-0.2, -0.15) is 0 Å². The van der Waals surface area contributed by atoms with Crippen molar-refractivity contribution in [2.45, 2.75) is 43.9 Å². The molecule has 8 heteroatoms. The van der Waals surface area contributed by atoms with Gasteiger partial charge >= 0.3 is 12.1 Å². The third-order valence-electron chi connectivity index (χ3n) is 6.02. The monoisotopic (exact) mass is 457 g/mol. The lowest BCUT2D eigenvalue weighted by atomic mass is 9.87. The van der Waals surface area contributed by atoms with Crippen LogP contribution in [0.1, 0.15) is 37.3 Å². The number of benzene rings is 2. The lowest BCUT2D eigenvalue weighted by Gasteiger charge is -2.34. The number of methoxy groups -OCH3 is 1. The molecule has 0 spiro atoms. The minimum Gasteiger partial charge on any atom is -0.467 e. The van der Waals surface area contributed by atoms with Crippen LogP contribution in [-0.4, -0.2) is 65.5 Å². The number of hydrogen-bond acceptors (Lipinski definition) is 7. The third-order valence-corrected chi connectivity index (χ3v) is 6.02. The Labute approximate surface area is 193 Å². The molecule has 3 rings (SSSR count). The molecule has 0 radical (unpaired) electrons. The number of aliphatic hydroxyl groups is 3. The van der Waals surface area contributed by atoms with E-state index in [9.17, 15) is 24.9 Å². The molecule has 0 bridgehead atoms. The van der Waals surface area contributed by atoms with Gasteiger partial charge in [0.1, 0.15) is 12.7 Å². The van der Waals surface area contributed by atoms with Gasteiger partial charge in [-0.05, 0) is 34.6 Å². The summed E-state index contributed by atoms with van der Waals surface area (Å²) in [5, 5.41) is 33.3. The van der Waals surface area contributed by atoms with Gasteiger partial charge < -0.3 is 30.1 Å². The van der Waals surface area contributed by atoms with E-state index in [0.717, 1.165) is 29.4 Å². The van der Waals surface area contributed by atoms with Gasteiger partial charge in [-0.25, -0.2) is 9.59 Å². The minimum absolute atomic E-state index is 0.000809. The van der Waals surface area contributed by atoms with Crippen molar-refractivity contribution in [2.24, 2.45) is 5.92 Å². The molecular weight excluding hydrogens is 426 g/mol. The van der Waals surface area contributed by atoms with Crippen molar-refractivity contribution in [1.29, 1.82) is 0 Å². The number of esters is 1. The number of alkyl carbamates (subject to hydrolysis) is 1. The minimum atomic E-state index is -2.58. The molecule has 0 aromatic heterocycles. The summed E-state index contributed by atoms with van der Waals surface area (Å²) in [6.45, 7) is 2.72. The SMILES string of the molecule is COC(=O)[C@](O)(CO)[C@H](O)[C@H](CC(C)C)NC(=O)OCC1c2ccccc2-c2ccccc21. The number of ether oxygens (including phenoxy) is 2. The molecule has 2 aromatic rings. The highest BCUT2D eigenvalue weighted by molar-refractivity contribution is 5.81. The molecular formula is C25H31NO7. The number of carbonyl (C=O) groups excluding carboxylic acids is 2. The highest BCUT2D eigenvalue weighted by atomic mass is 16.6. The van der Waals surface area contributed by atoms with Crippen LogP contribution in [0.25, 0.3) is 11.1 Å². The topological polar surface area (TPSA) is 125 Å². The van der Waals surface area contributed by atoms with E-state index in [4.69, 9.17) is 4.74 Å². The maximum Gasteiger partial charge on any atom is 0.407 e. The summed E-state index contributed by atoms with van der Waals surface area (Å²) in [5.41, 5.74) is 1.74. The average Bonchev–Trinajstić information content (AvgIpc) is 3.14. The second-order valence-electron chi connectivity index (χ2n) is 8.72. The summed E-state index contributed by atoms with van der Waals surface area (Å²) >= 11 is 0. The summed E-state index contributed by atoms with van der Waals surface area (Å²) < 4.78 is 10.0. The molecule has 1 aliphatic carbocycles. The summed E-state index contributed by atoms with van der Waals surface area (Å²) in [6.07, 6.45) is -2.38. The zero-order valence-corrected chi connectivity index (χ0v) is 19.0. The highest BCUT2D eigenvalue weighted by Gasteiger charge is 2.48. The highest BCUT2D eigenvalue weighted by Crippen LogP contribution is 2.44. The molecule has 1 aliphatic rings. The molecule has 0 saturated heterocycles. The van der Waals surface area contributed by atoms with Crippen LogP contribution in [0, 0.1) is 5.92 Å². The smallest absolute Gasteiger partial charge is 0.407 e. The molecule has 0 saturated carbocycles. The van der Waals surface area contributed by atoms with E-state index in [1.54, 1.807) is 0 Å². The van der Waals surface area contributed by atoms with Gasteiger partial charge in [0.25, 0.3) is 0 Å². The number of hydrogen-bond donors (Lipinski definition) is 4. The van der Waals surface area contributed by atoms with Gasteiger partial charge in [0.05, 0.1) is 19.8 Å². The number of amides is 1. The molecule has 178 valence electrons. The van der Waals surface area contributed by atoms with Crippen molar-refractivity contribution >= 4 is 12.1 Å². The molecule has 0 unspecified atom stereocenters. The molecule has 8 nitrogen and oxygen atoms in total. The maximum atomic E-state index is 12.7. The van der Waals surface area contributed by atoms with Crippen LogP contribution < -0.4 is 5.32 Å². The second-order valence-corrected chi connectivity index (χ2v) is 8.72. The van der Waals surface area contributed by atoms with E-state index in [1.165, 1.54) is 0 Å². The van der Waals surface area contributed by atoms with E-state index < -0.39 is 36.4 Å².